The molecule has 0 saturated heterocycles. The van der Waals surface area contributed by atoms with Gasteiger partial charge in [-0.2, -0.15) is 10.4 Å². The summed E-state index contributed by atoms with van der Waals surface area (Å²) in [6, 6.07) is 7.36. The number of benzene rings is 1. The SMILES string of the molecule is COC(=O)C(C#N)=Cc1c(C)nn(-c2ccc(F)cc2)c1Cl. The van der Waals surface area contributed by atoms with Crippen molar-refractivity contribution in [1.29, 1.82) is 5.26 Å². The molecule has 0 aliphatic rings. The van der Waals surface area contributed by atoms with Gasteiger partial charge >= 0.3 is 5.97 Å². The molecule has 1 aromatic heterocycles. The van der Waals surface area contributed by atoms with Crippen LogP contribution in [-0.4, -0.2) is 22.9 Å². The Morgan fingerprint density at radius 1 is 1.45 bits per heavy atom. The van der Waals surface area contributed by atoms with Crippen LogP contribution in [0.15, 0.2) is 29.8 Å². The van der Waals surface area contributed by atoms with Crippen molar-refractivity contribution in [2.45, 2.75) is 6.92 Å². The second-order valence-electron chi connectivity index (χ2n) is 4.34. The van der Waals surface area contributed by atoms with Crippen LogP contribution in [0.25, 0.3) is 11.8 Å². The lowest BCUT2D eigenvalue weighted by atomic mass is 10.1. The van der Waals surface area contributed by atoms with E-state index in [2.05, 4.69) is 9.84 Å². The van der Waals surface area contributed by atoms with Crippen LogP contribution < -0.4 is 0 Å². The molecule has 0 saturated carbocycles. The van der Waals surface area contributed by atoms with E-state index in [1.807, 2.05) is 0 Å². The molecule has 7 heteroatoms. The number of aromatic nitrogens is 2. The van der Waals surface area contributed by atoms with E-state index < -0.39 is 5.97 Å². The number of carbonyl (C=O) groups is 1. The Bertz CT molecular complexity index is 788. The zero-order valence-electron chi connectivity index (χ0n) is 11.8. The number of nitrogens with zero attached hydrogens (tertiary/aromatic N) is 3. The zero-order chi connectivity index (χ0) is 16.3. The quantitative estimate of drug-likeness (QED) is 0.495. The maximum atomic E-state index is 13.0. The van der Waals surface area contributed by atoms with Crippen LogP contribution in [0.2, 0.25) is 5.15 Å². The third-order valence-electron chi connectivity index (χ3n) is 2.93. The highest BCUT2D eigenvalue weighted by Gasteiger charge is 2.16. The first-order valence-corrected chi connectivity index (χ1v) is 6.57. The number of hydrogen-bond acceptors (Lipinski definition) is 4. The van der Waals surface area contributed by atoms with Crippen LogP contribution in [0.4, 0.5) is 4.39 Å². The summed E-state index contributed by atoms with van der Waals surface area (Å²) < 4.78 is 18.9. The number of esters is 1. The van der Waals surface area contributed by atoms with Gasteiger partial charge in [-0.25, -0.2) is 13.9 Å². The number of aryl methyl sites for hydroxylation is 1. The smallest absolute Gasteiger partial charge is 0.348 e. The Balaban J connectivity index is 2.52. The molecule has 0 radical (unpaired) electrons. The predicted octanol–water partition coefficient (Wildman–Crippen LogP) is 3.05. The van der Waals surface area contributed by atoms with Gasteiger partial charge in [0, 0.05) is 5.56 Å². The monoisotopic (exact) mass is 319 g/mol. The van der Waals surface area contributed by atoms with Crippen LogP contribution in [0.1, 0.15) is 11.3 Å². The summed E-state index contributed by atoms with van der Waals surface area (Å²) >= 11 is 6.25. The third-order valence-corrected chi connectivity index (χ3v) is 3.30. The van der Waals surface area contributed by atoms with Gasteiger partial charge in [0.15, 0.2) is 0 Å². The minimum atomic E-state index is -0.757. The molecule has 0 aliphatic carbocycles. The van der Waals surface area contributed by atoms with E-state index in [0.29, 0.717) is 16.9 Å². The topological polar surface area (TPSA) is 67.9 Å². The molecule has 0 spiro atoms. The summed E-state index contributed by atoms with van der Waals surface area (Å²) in [4.78, 5) is 11.5. The standard InChI is InChI=1S/C15H11ClFN3O2/c1-9-13(7-10(8-18)15(21)22-2)14(16)20(19-9)12-5-3-11(17)4-6-12/h3-7H,1-2H3. The minimum Gasteiger partial charge on any atom is -0.465 e. The molecular formula is C15H11ClFN3O2. The molecular weight excluding hydrogens is 309 g/mol. The fourth-order valence-corrected chi connectivity index (χ4v) is 2.15. The second kappa shape index (κ2) is 6.41. The lowest BCUT2D eigenvalue weighted by Crippen LogP contribution is -2.02. The molecule has 1 aromatic carbocycles. The highest BCUT2D eigenvalue weighted by Crippen LogP contribution is 2.26. The Morgan fingerprint density at radius 3 is 2.64 bits per heavy atom. The Morgan fingerprint density at radius 2 is 2.09 bits per heavy atom. The molecule has 2 aromatic rings. The van der Waals surface area contributed by atoms with Crippen molar-refractivity contribution in [3.05, 3.63) is 52.1 Å². The van der Waals surface area contributed by atoms with Gasteiger partial charge < -0.3 is 4.74 Å². The molecule has 1 heterocycles. The number of nitriles is 1. The largest absolute Gasteiger partial charge is 0.465 e. The van der Waals surface area contributed by atoms with Crippen LogP contribution in [-0.2, 0) is 9.53 Å². The number of carbonyl (C=O) groups excluding carboxylic acids is 1. The summed E-state index contributed by atoms with van der Waals surface area (Å²) in [5.41, 5.74) is 1.32. The first-order chi connectivity index (χ1) is 10.5. The summed E-state index contributed by atoms with van der Waals surface area (Å²) in [5, 5.41) is 13.4. The molecule has 22 heavy (non-hydrogen) atoms. The van der Waals surface area contributed by atoms with Crippen molar-refractivity contribution in [1.82, 2.24) is 9.78 Å². The first-order valence-electron chi connectivity index (χ1n) is 6.19. The fourth-order valence-electron chi connectivity index (χ4n) is 1.82. The molecule has 2 rings (SSSR count). The van der Waals surface area contributed by atoms with Gasteiger partial charge in [-0.05, 0) is 37.3 Å². The van der Waals surface area contributed by atoms with Gasteiger partial charge in [0.25, 0.3) is 0 Å². The Kier molecular flexibility index (Phi) is 4.59. The lowest BCUT2D eigenvalue weighted by Gasteiger charge is -2.02. The molecule has 0 N–H and O–H groups in total. The van der Waals surface area contributed by atoms with Crippen LogP contribution in [0.3, 0.4) is 0 Å². The van der Waals surface area contributed by atoms with E-state index in [0.717, 1.165) is 0 Å². The zero-order valence-corrected chi connectivity index (χ0v) is 12.6. The maximum absolute atomic E-state index is 13.0. The normalized spacial score (nSPS) is 11.1. The maximum Gasteiger partial charge on any atom is 0.348 e. The molecule has 0 bridgehead atoms. The molecule has 0 unspecified atom stereocenters. The minimum absolute atomic E-state index is 0.189. The number of rotatable bonds is 3. The average molecular weight is 320 g/mol. The summed E-state index contributed by atoms with van der Waals surface area (Å²) in [6.07, 6.45) is 1.32. The van der Waals surface area contributed by atoms with E-state index in [9.17, 15) is 9.18 Å². The summed E-state index contributed by atoms with van der Waals surface area (Å²) in [6.45, 7) is 1.68. The van der Waals surface area contributed by atoms with E-state index in [1.54, 1.807) is 13.0 Å². The number of halogens is 2. The van der Waals surface area contributed by atoms with E-state index >= 15 is 0 Å². The number of hydrogen-bond donors (Lipinski definition) is 0. The molecule has 0 atom stereocenters. The van der Waals surface area contributed by atoms with Gasteiger partial charge in [0.05, 0.1) is 18.5 Å². The predicted molar refractivity (Wildman–Crippen MR) is 78.9 cm³/mol. The van der Waals surface area contributed by atoms with Crippen LogP contribution in [0, 0.1) is 24.1 Å². The van der Waals surface area contributed by atoms with Gasteiger partial charge in [-0.1, -0.05) is 11.6 Å². The molecule has 0 aliphatic heterocycles. The van der Waals surface area contributed by atoms with Gasteiger partial charge in [-0.3, -0.25) is 0 Å². The van der Waals surface area contributed by atoms with E-state index in [-0.39, 0.29) is 16.5 Å². The van der Waals surface area contributed by atoms with Crippen molar-refractivity contribution in [3.8, 4) is 11.8 Å². The van der Waals surface area contributed by atoms with Crippen molar-refractivity contribution < 1.29 is 13.9 Å². The van der Waals surface area contributed by atoms with E-state index in [1.165, 1.54) is 42.1 Å². The Hall–Kier alpha value is -2.65. The molecule has 0 amide bonds. The van der Waals surface area contributed by atoms with Gasteiger partial charge in [-0.15, -0.1) is 0 Å². The summed E-state index contributed by atoms with van der Waals surface area (Å²) in [7, 11) is 1.18. The van der Waals surface area contributed by atoms with E-state index in [4.69, 9.17) is 16.9 Å². The molecule has 0 fully saturated rings. The highest BCUT2D eigenvalue weighted by molar-refractivity contribution is 6.31. The summed E-state index contributed by atoms with van der Waals surface area (Å²) in [5.74, 6) is -1.13. The number of ether oxygens (including phenoxy) is 1. The highest BCUT2D eigenvalue weighted by atomic mass is 35.5. The van der Waals surface area contributed by atoms with Crippen molar-refractivity contribution >= 4 is 23.6 Å². The third kappa shape index (κ3) is 3.00. The van der Waals surface area contributed by atoms with Gasteiger partial charge in [0.1, 0.15) is 22.6 Å². The van der Waals surface area contributed by atoms with Gasteiger partial charge in [0.2, 0.25) is 0 Å². The first kappa shape index (κ1) is 15.7. The van der Waals surface area contributed by atoms with Crippen molar-refractivity contribution in [2.24, 2.45) is 0 Å². The lowest BCUT2D eigenvalue weighted by molar-refractivity contribution is -0.135. The fraction of sp³-hybridized carbons (Fsp3) is 0.133. The van der Waals surface area contributed by atoms with Crippen LogP contribution >= 0.6 is 11.6 Å². The second-order valence-corrected chi connectivity index (χ2v) is 4.70. The van der Waals surface area contributed by atoms with Crippen molar-refractivity contribution in [3.63, 3.8) is 0 Å². The van der Waals surface area contributed by atoms with Crippen molar-refractivity contribution in [2.75, 3.05) is 7.11 Å². The number of methoxy groups -OCH3 is 1. The molecule has 112 valence electrons. The average Bonchev–Trinajstić information content (AvgIpc) is 2.80. The van der Waals surface area contributed by atoms with Crippen LogP contribution in [0.5, 0.6) is 0 Å². The Labute approximate surface area is 131 Å². The molecule has 5 nitrogen and oxygen atoms in total.